The Bertz CT molecular complexity index is 546. The number of imidazole rings is 1. The van der Waals surface area contributed by atoms with Crippen molar-refractivity contribution in [1.82, 2.24) is 19.3 Å². The zero-order chi connectivity index (χ0) is 13.8. The van der Waals surface area contributed by atoms with Crippen LogP contribution < -0.4 is 0 Å². The summed E-state index contributed by atoms with van der Waals surface area (Å²) in [6.07, 6.45) is 0.955. The van der Waals surface area contributed by atoms with Crippen molar-refractivity contribution >= 4 is 22.8 Å². The molecule has 2 rings (SSSR count). The topological polar surface area (TPSA) is 44.9 Å². The lowest BCUT2D eigenvalue weighted by molar-refractivity contribution is 0.141. The monoisotopic (exact) mass is 284 g/mol. The Hall–Kier alpha value is -1.07. The first-order chi connectivity index (χ1) is 9.22. The van der Waals surface area contributed by atoms with Crippen LogP contribution in [-0.4, -0.2) is 32.5 Å². The van der Waals surface area contributed by atoms with E-state index in [1.54, 1.807) is 0 Å². The summed E-state index contributed by atoms with van der Waals surface area (Å²) < 4.78 is 9.56. The zero-order valence-corrected chi connectivity index (χ0v) is 12.6. The molecule has 0 aliphatic rings. The van der Waals surface area contributed by atoms with Gasteiger partial charge < -0.3 is 9.30 Å². The second kappa shape index (κ2) is 6.39. The predicted octanol–water partition coefficient (Wildman–Crippen LogP) is 2.73. The first-order valence-corrected chi connectivity index (χ1v) is 7.32. The van der Waals surface area contributed by atoms with E-state index in [1.165, 1.54) is 0 Å². The molecule has 0 N–H and O–H groups in total. The number of aromatic nitrogens is 4. The second-order valence-electron chi connectivity index (χ2n) is 4.44. The number of rotatable bonds is 7. The molecule has 0 radical (unpaired) electrons. The summed E-state index contributed by atoms with van der Waals surface area (Å²) in [4.78, 5) is 4.61. The SMILES string of the molecule is CCOCCCn1c(CCl)nc2c(C)nn(CC)c21. The maximum Gasteiger partial charge on any atom is 0.158 e. The van der Waals surface area contributed by atoms with Gasteiger partial charge in [0.1, 0.15) is 11.3 Å². The highest BCUT2D eigenvalue weighted by molar-refractivity contribution is 6.16. The number of alkyl halides is 1. The molecule has 0 fully saturated rings. The van der Waals surface area contributed by atoms with Crippen molar-refractivity contribution in [1.29, 1.82) is 0 Å². The fraction of sp³-hybridized carbons (Fsp3) is 0.692. The van der Waals surface area contributed by atoms with Gasteiger partial charge >= 0.3 is 0 Å². The Kier molecular flexibility index (Phi) is 4.82. The molecule has 19 heavy (non-hydrogen) atoms. The third-order valence-electron chi connectivity index (χ3n) is 3.17. The third kappa shape index (κ3) is 2.77. The van der Waals surface area contributed by atoms with E-state index in [4.69, 9.17) is 16.3 Å². The molecular formula is C13H21ClN4O. The molecule has 0 amide bonds. The molecule has 0 spiro atoms. The molecule has 6 heteroatoms. The molecule has 106 valence electrons. The van der Waals surface area contributed by atoms with E-state index in [9.17, 15) is 0 Å². The molecule has 0 unspecified atom stereocenters. The van der Waals surface area contributed by atoms with Crippen LogP contribution >= 0.6 is 11.6 Å². The van der Waals surface area contributed by atoms with Crippen molar-refractivity contribution in [3.63, 3.8) is 0 Å². The van der Waals surface area contributed by atoms with Crippen LogP contribution in [0.4, 0.5) is 0 Å². The van der Waals surface area contributed by atoms with E-state index in [0.29, 0.717) is 5.88 Å². The number of aryl methyl sites for hydroxylation is 3. The smallest absolute Gasteiger partial charge is 0.158 e. The highest BCUT2D eigenvalue weighted by atomic mass is 35.5. The number of fused-ring (bicyclic) bond motifs is 1. The Labute approximate surface area is 118 Å². The van der Waals surface area contributed by atoms with Crippen LogP contribution in [0.1, 0.15) is 31.8 Å². The first kappa shape index (κ1) is 14.3. The summed E-state index contributed by atoms with van der Waals surface area (Å²) in [7, 11) is 0. The van der Waals surface area contributed by atoms with Gasteiger partial charge in [-0.25, -0.2) is 9.67 Å². The third-order valence-corrected chi connectivity index (χ3v) is 3.41. The standard InChI is InChI=1S/C13H21ClN4O/c1-4-18-13-12(10(3)16-18)15-11(9-14)17(13)7-6-8-19-5-2/h4-9H2,1-3H3. The van der Waals surface area contributed by atoms with Crippen LogP contribution in [-0.2, 0) is 23.7 Å². The number of hydrogen-bond donors (Lipinski definition) is 0. The van der Waals surface area contributed by atoms with E-state index < -0.39 is 0 Å². The number of hydrogen-bond acceptors (Lipinski definition) is 3. The van der Waals surface area contributed by atoms with E-state index in [2.05, 4.69) is 21.6 Å². The fourth-order valence-corrected chi connectivity index (χ4v) is 2.50. The molecule has 0 aliphatic carbocycles. The largest absolute Gasteiger partial charge is 0.382 e. The summed E-state index contributed by atoms with van der Waals surface area (Å²) in [6, 6.07) is 0. The molecule has 0 bridgehead atoms. The van der Waals surface area contributed by atoms with Crippen molar-refractivity contribution in [2.24, 2.45) is 0 Å². The van der Waals surface area contributed by atoms with Gasteiger partial charge in [0.15, 0.2) is 5.65 Å². The quantitative estimate of drug-likeness (QED) is 0.580. The zero-order valence-electron chi connectivity index (χ0n) is 11.8. The van der Waals surface area contributed by atoms with Crippen molar-refractivity contribution in [3.8, 4) is 0 Å². The summed E-state index contributed by atoms with van der Waals surface area (Å²) in [5, 5.41) is 4.51. The minimum atomic E-state index is 0.423. The Morgan fingerprint density at radius 1 is 1.32 bits per heavy atom. The molecule has 0 aliphatic heterocycles. The Morgan fingerprint density at radius 3 is 2.74 bits per heavy atom. The maximum atomic E-state index is 6.00. The summed E-state index contributed by atoms with van der Waals surface area (Å²) >= 11 is 6.00. The molecule has 0 atom stereocenters. The van der Waals surface area contributed by atoms with Gasteiger partial charge in [0.05, 0.1) is 11.6 Å². The van der Waals surface area contributed by atoms with Crippen molar-refractivity contribution < 1.29 is 4.74 Å². The van der Waals surface area contributed by atoms with Gasteiger partial charge in [0.25, 0.3) is 0 Å². The van der Waals surface area contributed by atoms with Crippen molar-refractivity contribution in [2.75, 3.05) is 13.2 Å². The molecule has 5 nitrogen and oxygen atoms in total. The predicted molar refractivity (Wildman–Crippen MR) is 76.6 cm³/mol. The highest BCUT2D eigenvalue weighted by Crippen LogP contribution is 2.21. The van der Waals surface area contributed by atoms with Crippen molar-refractivity contribution in [3.05, 3.63) is 11.5 Å². The number of ether oxygens (including phenoxy) is 1. The van der Waals surface area contributed by atoms with Crippen molar-refractivity contribution in [2.45, 2.75) is 46.2 Å². The van der Waals surface area contributed by atoms with Gasteiger partial charge in [-0.2, -0.15) is 5.10 Å². The molecule has 2 heterocycles. The van der Waals surface area contributed by atoms with E-state index in [1.807, 2.05) is 18.5 Å². The molecule has 0 aromatic carbocycles. The minimum Gasteiger partial charge on any atom is -0.382 e. The average Bonchev–Trinajstić information content (AvgIpc) is 2.93. The number of halogens is 1. The van der Waals surface area contributed by atoms with Gasteiger partial charge in [-0.15, -0.1) is 11.6 Å². The molecule has 2 aromatic rings. The Morgan fingerprint density at radius 2 is 2.11 bits per heavy atom. The lowest BCUT2D eigenvalue weighted by Crippen LogP contribution is -2.10. The maximum absolute atomic E-state index is 6.00. The lowest BCUT2D eigenvalue weighted by atomic mass is 10.4. The van der Waals surface area contributed by atoms with Gasteiger partial charge in [0.2, 0.25) is 0 Å². The summed E-state index contributed by atoms with van der Waals surface area (Å²) in [6.45, 7) is 9.31. The molecule has 0 saturated carbocycles. The molecular weight excluding hydrogens is 264 g/mol. The molecule has 2 aromatic heterocycles. The first-order valence-electron chi connectivity index (χ1n) is 6.79. The van der Waals surface area contributed by atoms with Crippen LogP contribution in [0.3, 0.4) is 0 Å². The number of nitrogens with zero attached hydrogens (tertiary/aromatic N) is 4. The lowest BCUT2D eigenvalue weighted by Gasteiger charge is -2.09. The average molecular weight is 285 g/mol. The van der Waals surface area contributed by atoms with Crippen LogP contribution in [0, 0.1) is 6.92 Å². The highest BCUT2D eigenvalue weighted by Gasteiger charge is 2.17. The van der Waals surface area contributed by atoms with E-state index in [-0.39, 0.29) is 0 Å². The normalized spacial score (nSPS) is 11.6. The van der Waals surface area contributed by atoms with Gasteiger partial charge in [-0.05, 0) is 27.2 Å². The van der Waals surface area contributed by atoms with E-state index in [0.717, 1.165) is 55.4 Å². The van der Waals surface area contributed by atoms with Crippen LogP contribution in [0.5, 0.6) is 0 Å². The minimum absolute atomic E-state index is 0.423. The van der Waals surface area contributed by atoms with Crippen LogP contribution in [0.25, 0.3) is 11.2 Å². The summed E-state index contributed by atoms with van der Waals surface area (Å²) in [5.41, 5.74) is 3.01. The molecule has 0 saturated heterocycles. The van der Waals surface area contributed by atoms with Crippen LogP contribution in [0.15, 0.2) is 0 Å². The van der Waals surface area contributed by atoms with Gasteiger partial charge in [-0.1, -0.05) is 0 Å². The Balaban J connectivity index is 2.32. The fourth-order valence-electron chi connectivity index (χ4n) is 2.30. The van der Waals surface area contributed by atoms with E-state index >= 15 is 0 Å². The van der Waals surface area contributed by atoms with Gasteiger partial charge in [0, 0.05) is 26.3 Å². The van der Waals surface area contributed by atoms with Crippen LogP contribution in [0.2, 0.25) is 0 Å². The summed E-state index contributed by atoms with van der Waals surface area (Å²) in [5.74, 6) is 1.34. The second-order valence-corrected chi connectivity index (χ2v) is 4.70. The van der Waals surface area contributed by atoms with Gasteiger partial charge in [-0.3, -0.25) is 0 Å².